The molecule has 0 saturated heterocycles. The zero-order chi connectivity index (χ0) is 18.7. The average Bonchev–Trinajstić information content (AvgIpc) is 3.02. The lowest BCUT2D eigenvalue weighted by atomic mass is 9.98. The zero-order valence-electron chi connectivity index (χ0n) is 15.3. The molecule has 0 spiro atoms. The van der Waals surface area contributed by atoms with Crippen molar-refractivity contribution < 1.29 is 0 Å². The van der Waals surface area contributed by atoms with Gasteiger partial charge in [0, 0.05) is 18.8 Å². The standard InChI is InChI=1S/C19H21N7/c1-6-25-10-8-9-14-12-15(13(3)11-16(14)25)23-24-19-22-17(20-4)18(21-5)26(19)7-2/h11-12H,6-10H2,1-3H3. The van der Waals surface area contributed by atoms with Gasteiger partial charge in [-0.2, -0.15) is 0 Å². The van der Waals surface area contributed by atoms with E-state index in [4.69, 9.17) is 13.1 Å². The van der Waals surface area contributed by atoms with Crippen molar-refractivity contribution in [3.63, 3.8) is 0 Å². The summed E-state index contributed by atoms with van der Waals surface area (Å²) in [7, 11) is 0. The Morgan fingerprint density at radius 1 is 1.15 bits per heavy atom. The highest BCUT2D eigenvalue weighted by Gasteiger charge is 2.21. The van der Waals surface area contributed by atoms with E-state index in [-0.39, 0.29) is 11.6 Å². The zero-order valence-corrected chi connectivity index (χ0v) is 15.3. The number of hydrogen-bond donors (Lipinski definition) is 0. The maximum absolute atomic E-state index is 7.26. The molecule has 1 aromatic carbocycles. The van der Waals surface area contributed by atoms with Crippen LogP contribution in [-0.4, -0.2) is 22.6 Å². The monoisotopic (exact) mass is 347 g/mol. The third kappa shape index (κ3) is 3.04. The van der Waals surface area contributed by atoms with Gasteiger partial charge in [0.1, 0.15) is 0 Å². The van der Waals surface area contributed by atoms with Crippen molar-refractivity contribution in [2.75, 3.05) is 18.0 Å². The number of hydrogen-bond acceptors (Lipinski definition) is 4. The van der Waals surface area contributed by atoms with Crippen LogP contribution in [0.25, 0.3) is 9.69 Å². The van der Waals surface area contributed by atoms with Crippen LogP contribution in [0, 0.1) is 20.1 Å². The Morgan fingerprint density at radius 3 is 2.62 bits per heavy atom. The maximum atomic E-state index is 7.26. The van der Waals surface area contributed by atoms with E-state index in [2.05, 4.69) is 48.9 Å². The first-order chi connectivity index (χ1) is 12.6. The van der Waals surface area contributed by atoms with Crippen LogP contribution < -0.4 is 4.90 Å². The molecule has 0 atom stereocenters. The Bertz CT molecular complexity index is 940. The van der Waals surface area contributed by atoms with E-state index in [1.165, 1.54) is 11.3 Å². The third-order valence-corrected chi connectivity index (χ3v) is 4.67. The summed E-state index contributed by atoms with van der Waals surface area (Å²) in [6, 6.07) is 4.27. The first kappa shape index (κ1) is 17.6. The Morgan fingerprint density at radius 2 is 1.96 bits per heavy atom. The summed E-state index contributed by atoms with van der Waals surface area (Å²) < 4.78 is 1.62. The van der Waals surface area contributed by atoms with Crippen molar-refractivity contribution in [1.82, 2.24) is 9.55 Å². The van der Waals surface area contributed by atoms with E-state index < -0.39 is 0 Å². The largest absolute Gasteiger partial charge is 0.416 e. The number of azo groups is 1. The topological polar surface area (TPSA) is 54.5 Å². The van der Waals surface area contributed by atoms with Crippen molar-refractivity contribution in [3.05, 3.63) is 46.1 Å². The smallest absolute Gasteiger partial charge is 0.373 e. The minimum atomic E-state index is 0.0801. The lowest BCUT2D eigenvalue weighted by Gasteiger charge is -2.30. The summed E-state index contributed by atoms with van der Waals surface area (Å²) in [5, 5.41) is 8.63. The lowest BCUT2D eigenvalue weighted by Crippen LogP contribution is -2.28. The fourth-order valence-corrected chi connectivity index (χ4v) is 3.31. The molecule has 1 aromatic heterocycles. The van der Waals surface area contributed by atoms with Gasteiger partial charge >= 0.3 is 5.95 Å². The van der Waals surface area contributed by atoms with Crippen molar-refractivity contribution in [3.8, 4) is 0 Å². The van der Waals surface area contributed by atoms with Gasteiger partial charge in [0.15, 0.2) is 0 Å². The maximum Gasteiger partial charge on any atom is 0.416 e. The summed E-state index contributed by atoms with van der Waals surface area (Å²) in [6.45, 7) is 23.1. The number of anilines is 1. The highest BCUT2D eigenvalue weighted by Crippen LogP contribution is 2.36. The highest BCUT2D eigenvalue weighted by atomic mass is 15.3. The van der Waals surface area contributed by atoms with Gasteiger partial charge in [-0.15, -0.1) is 5.11 Å². The second kappa shape index (κ2) is 7.37. The molecule has 0 unspecified atom stereocenters. The van der Waals surface area contributed by atoms with Gasteiger partial charge < -0.3 is 14.6 Å². The molecule has 26 heavy (non-hydrogen) atoms. The predicted octanol–water partition coefficient (Wildman–Crippen LogP) is 5.50. The summed E-state index contributed by atoms with van der Waals surface area (Å²) in [4.78, 5) is 13.3. The van der Waals surface area contributed by atoms with E-state index >= 15 is 0 Å². The van der Waals surface area contributed by atoms with Gasteiger partial charge in [-0.25, -0.2) is 4.57 Å². The molecule has 132 valence electrons. The number of nitrogens with zero attached hydrogens (tertiary/aromatic N) is 7. The molecule has 1 aliphatic heterocycles. The lowest BCUT2D eigenvalue weighted by molar-refractivity contribution is 0.707. The van der Waals surface area contributed by atoms with Crippen LogP contribution in [0.5, 0.6) is 0 Å². The summed E-state index contributed by atoms with van der Waals surface area (Å²) in [5.41, 5.74) is 4.44. The normalized spacial score (nSPS) is 13.5. The van der Waals surface area contributed by atoms with Gasteiger partial charge in [0.2, 0.25) is 0 Å². The second-order valence-electron chi connectivity index (χ2n) is 6.18. The second-order valence-corrected chi connectivity index (χ2v) is 6.18. The molecule has 3 rings (SSSR count). The number of aromatic nitrogens is 2. The van der Waals surface area contributed by atoms with Gasteiger partial charge in [0.25, 0.3) is 11.6 Å². The summed E-state index contributed by atoms with van der Waals surface area (Å²) >= 11 is 0. The van der Waals surface area contributed by atoms with Gasteiger partial charge in [-0.1, -0.05) is 23.2 Å². The van der Waals surface area contributed by atoms with Crippen LogP contribution in [0.15, 0.2) is 22.4 Å². The van der Waals surface area contributed by atoms with E-state index in [1.807, 2.05) is 13.8 Å². The van der Waals surface area contributed by atoms with Crippen LogP contribution in [-0.2, 0) is 13.0 Å². The highest BCUT2D eigenvalue weighted by molar-refractivity contribution is 5.67. The number of imidazole rings is 1. The van der Waals surface area contributed by atoms with Crippen LogP contribution in [0.3, 0.4) is 0 Å². The first-order valence-electron chi connectivity index (χ1n) is 8.78. The van der Waals surface area contributed by atoms with Crippen LogP contribution >= 0.6 is 0 Å². The molecule has 7 nitrogen and oxygen atoms in total. The molecule has 0 fully saturated rings. The Hall–Kier alpha value is -3.19. The molecule has 0 N–H and O–H groups in total. The fraction of sp³-hybridized carbons (Fsp3) is 0.421. The third-order valence-electron chi connectivity index (χ3n) is 4.67. The van der Waals surface area contributed by atoms with Crippen LogP contribution in [0.4, 0.5) is 29.0 Å². The van der Waals surface area contributed by atoms with Crippen LogP contribution in [0.2, 0.25) is 0 Å². The molecular formula is C19H21N7. The number of benzene rings is 1. The van der Waals surface area contributed by atoms with Gasteiger partial charge in [-0.05, 0) is 56.9 Å². The molecule has 2 aromatic rings. The van der Waals surface area contributed by atoms with Gasteiger partial charge in [-0.3, -0.25) is 0 Å². The Balaban J connectivity index is 1.99. The van der Waals surface area contributed by atoms with E-state index in [1.54, 1.807) is 4.57 Å². The van der Waals surface area contributed by atoms with Crippen molar-refractivity contribution >= 4 is 29.0 Å². The Labute approximate surface area is 153 Å². The Kier molecular flexibility index (Phi) is 4.99. The fourth-order valence-electron chi connectivity index (χ4n) is 3.31. The van der Waals surface area contributed by atoms with E-state index in [9.17, 15) is 0 Å². The van der Waals surface area contributed by atoms with E-state index in [0.29, 0.717) is 12.5 Å². The van der Waals surface area contributed by atoms with Crippen LogP contribution in [0.1, 0.15) is 31.4 Å². The molecule has 0 amide bonds. The predicted molar refractivity (Wildman–Crippen MR) is 102 cm³/mol. The quantitative estimate of drug-likeness (QED) is 0.541. The minimum Gasteiger partial charge on any atom is -0.373 e. The molecule has 0 aliphatic carbocycles. The minimum absolute atomic E-state index is 0.0801. The summed E-state index contributed by atoms with van der Waals surface area (Å²) in [5.74, 6) is 0.602. The average molecular weight is 347 g/mol. The number of fused-ring (bicyclic) bond motifs is 1. The number of rotatable bonds is 4. The molecule has 0 bridgehead atoms. The molecule has 0 radical (unpaired) electrons. The molecule has 2 heterocycles. The molecule has 0 saturated carbocycles. The summed E-state index contributed by atoms with van der Waals surface area (Å²) in [6.07, 6.45) is 2.19. The first-order valence-corrected chi connectivity index (χ1v) is 8.78. The van der Waals surface area contributed by atoms with E-state index in [0.717, 1.165) is 37.2 Å². The van der Waals surface area contributed by atoms with Crippen molar-refractivity contribution in [2.45, 2.75) is 40.2 Å². The van der Waals surface area contributed by atoms with Crippen molar-refractivity contribution in [1.29, 1.82) is 0 Å². The molecule has 1 aliphatic rings. The SMILES string of the molecule is [C-]#[N+]c1nc(N=Nc2cc3c(cc2C)N(CC)CCC3)n(CC)c1[N+]#[C-]. The number of aryl methyl sites for hydroxylation is 2. The van der Waals surface area contributed by atoms with Gasteiger partial charge in [0.05, 0.1) is 12.2 Å². The molecular weight excluding hydrogens is 326 g/mol. The molecule has 7 heteroatoms. The van der Waals surface area contributed by atoms with Crippen molar-refractivity contribution in [2.24, 2.45) is 10.2 Å².